The van der Waals surface area contributed by atoms with Crippen LogP contribution in [-0.4, -0.2) is 12.3 Å². The molecule has 1 heterocycles. The fraction of sp³-hybridized carbons (Fsp3) is 0.711. The van der Waals surface area contributed by atoms with Crippen LogP contribution in [0.25, 0.3) is 21.8 Å². The fourth-order valence-corrected chi connectivity index (χ4v) is 8.04. The molecular formula is C38H63I6N3V. The molecule has 6 rings (SSSR count). The molecule has 3 saturated carbocycles. The van der Waals surface area contributed by atoms with Crippen LogP contribution in [0.1, 0.15) is 110 Å². The van der Waals surface area contributed by atoms with Gasteiger partial charge in [-0.2, -0.15) is 4.68 Å². The third-order valence-electron chi connectivity index (χ3n) is 13.9. The summed E-state index contributed by atoms with van der Waals surface area (Å²) in [6.07, 6.45) is 2.64. The zero-order valence-corrected chi connectivity index (χ0v) is 46.8. The quantitative estimate of drug-likeness (QED) is 0.103. The number of alkyl halides is 5. The Morgan fingerprint density at radius 3 is 1.29 bits per heavy atom. The summed E-state index contributed by atoms with van der Waals surface area (Å²) in [5.74, 6) is 0. The topological polar surface area (TPSA) is 21.7 Å². The maximum Gasteiger partial charge on any atom is 0.256 e. The summed E-state index contributed by atoms with van der Waals surface area (Å²) in [6, 6.07) is 12.6. The number of hydrogen-bond donors (Lipinski definition) is 0. The largest absolute Gasteiger partial charge is 0.319 e. The van der Waals surface area contributed by atoms with E-state index >= 15 is 0 Å². The van der Waals surface area contributed by atoms with Crippen molar-refractivity contribution in [1.29, 1.82) is 0 Å². The average Bonchev–Trinajstić information content (AvgIpc) is 3.57. The number of nitrogens with zero attached hydrogens (tertiary/aromatic N) is 3. The van der Waals surface area contributed by atoms with Crippen LogP contribution >= 0.6 is 136 Å². The molecule has 277 valence electrons. The van der Waals surface area contributed by atoms with Crippen LogP contribution in [0.3, 0.4) is 0 Å². The molecule has 1 radical (unpaired) electrons. The van der Waals surface area contributed by atoms with Gasteiger partial charge in [0.1, 0.15) is 6.99 Å². The van der Waals surface area contributed by atoms with E-state index in [1.807, 2.05) is 46.2 Å². The van der Waals surface area contributed by atoms with Gasteiger partial charge in [0.2, 0.25) is 5.52 Å². The molecule has 0 N–H and O–H groups in total. The first-order chi connectivity index (χ1) is 21.3. The standard InChI is InChI=1S/C12H12N3.C10H18.C9H18.C4H10.CHI3.CH2I2.CH2I.V/c1-14-11-8-7-9-5-3-4-6-10(9)12(11)13-15(14)2;1-7(2)9(5)8(3,4)10(7,9)6;1-7(2)8(3,4)9(7,5)6;1-3-4-2;2-1(3)4;2-1-3;1-2;/h3-8H,1-2H3;1-6H3;1-6H3;3-4H2,1-2H3;1H;1H2;1H2;/q+1;;;;;;-1;. The van der Waals surface area contributed by atoms with E-state index in [4.69, 9.17) is 0 Å². The van der Waals surface area contributed by atoms with E-state index in [0.717, 1.165) is 11.0 Å². The van der Waals surface area contributed by atoms with Crippen LogP contribution in [-0.2, 0) is 32.7 Å². The number of aromatic nitrogens is 3. The van der Waals surface area contributed by atoms with E-state index in [2.05, 4.69) is 256 Å². The van der Waals surface area contributed by atoms with Gasteiger partial charge >= 0.3 is 0 Å². The number of fused-ring (bicyclic) bond motifs is 4. The maximum atomic E-state index is 4.52. The van der Waals surface area contributed by atoms with Crippen molar-refractivity contribution in [3.05, 3.63) is 41.3 Å². The van der Waals surface area contributed by atoms with E-state index in [-0.39, 0.29) is 18.6 Å². The molecular weight excluding hydrogens is 1310 g/mol. The number of unbranched alkanes of at least 4 members (excludes halogenated alkanes) is 1. The molecule has 10 heteroatoms. The number of hydrogen-bond acceptors (Lipinski definition) is 1. The van der Waals surface area contributed by atoms with Gasteiger partial charge in [0.05, 0.1) is 9.48 Å². The van der Waals surface area contributed by atoms with E-state index in [1.54, 1.807) is 0 Å². The summed E-state index contributed by atoms with van der Waals surface area (Å²) in [5, 5.41) is 6.97. The first-order valence-corrected chi connectivity index (χ1v) is 24.7. The van der Waals surface area contributed by atoms with Crippen molar-refractivity contribution < 1.29 is 23.2 Å². The van der Waals surface area contributed by atoms with E-state index < -0.39 is 0 Å². The molecule has 0 spiro atoms. The summed E-state index contributed by atoms with van der Waals surface area (Å²) in [4.78, 5) is 5.08. The van der Waals surface area contributed by atoms with Crippen molar-refractivity contribution >= 4 is 157 Å². The number of halogens is 6. The Labute approximate surface area is 390 Å². The van der Waals surface area contributed by atoms with E-state index in [0.29, 0.717) is 37.9 Å². The molecule has 0 amide bonds. The van der Waals surface area contributed by atoms with Crippen LogP contribution in [0.2, 0.25) is 0 Å². The van der Waals surface area contributed by atoms with Crippen LogP contribution in [0.15, 0.2) is 36.4 Å². The Morgan fingerprint density at radius 1 is 0.688 bits per heavy atom. The second-order valence-corrected chi connectivity index (χ2v) is 30.8. The van der Waals surface area contributed by atoms with E-state index in [1.165, 1.54) is 26.0 Å². The van der Waals surface area contributed by atoms with Crippen LogP contribution in [0.4, 0.5) is 0 Å². The SMILES string of the molecule is CC1(C)C(C)(C)C1(C)C.CC1(C)C2(C)C(C)(C)C12C.CCCC.Cn1nc2c3ccccc3ccc2[n+]1C.IC(I)I.ICI.[CH2-]I.[V]. The minimum Gasteiger partial charge on any atom is -0.319 e. The molecule has 3 aliphatic carbocycles. The van der Waals surface area contributed by atoms with Gasteiger partial charge in [-0.25, -0.2) is 0 Å². The van der Waals surface area contributed by atoms with Crippen molar-refractivity contribution in [3.8, 4) is 0 Å². The molecule has 3 aliphatic rings. The summed E-state index contributed by atoms with van der Waals surface area (Å²) < 4.78 is 3.98. The van der Waals surface area contributed by atoms with E-state index in [9.17, 15) is 0 Å². The number of rotatable bonds is 1. The van der Waals surface area contributed by atoms with Gasteiger partial charge < -0.3 is 22.6 Å². The summed E-state index contributed by atoms with van der Waals surface area (Å²) in [5.41, 5.74) is 6.38. The number of aryl methyl sites for hydroxylation is 2. The number of benzene rings is 2. The van der Waals surface area contributed by atoms with Crippen LogP contribution < -0.4 is 4.68 Å². The van der Waals surface area contributed by atoms with Crippen LogP contribution in [0.5, 0.6) is 0 Å². The first kappa shape index (κ1) is 53.2. The molecule has 0 aliphatic heterocycles. The minimum atomic E-state index is 0. The molecule has 0 atom stereocenters. The third-order valence-corrected chi connectivity index (χ3v) is 13.9. The molecule has 0 bridgehead atoms. The fourth-order valence-electron chi connectivity index (χ4n) is 8.04. The monoisotopic (exact) mass is 1370 g/mol. The van der Waals surface area contributed by atoms with Crippen LogP contribution in [0, 0.1) is 42.8 Å². The van der Waals surface area contributed by atoms with Crippen molar-refractivity contribution in [2.24, 2.45) is 52.0 Å². The molecule has 48 heavy (non-hydrogen) atoms. The Hall–Kier alpha value is 3.06. The summed E-state index contributed by atoms with van der Waals surface area (Å²) >= 11 is 13.4. The third kappa shape index (κ3) is 10.1. The second kappa shape index (κ2) is 20.8. The average molecular weight is 1370 g/mol. The zero-order valence-electron chi connectivity index (χ0n) is 32.4. The second-order valence-electron chi connectivity index (χ2n) is 15.5. The normalized spacial score (nSPS) is 24.2. The van der Waals surface area contributed by atoms with Crippen molar-refractivity contribution in [2.75, 3.05) is 2.43 Å². The Bertz CT molecular complexity index is 1330. The van der Waals surface area contributed by atoms with Gasteiger partial charge in [-0.05, 0) is 66.3 Å². The summed E-state index contributed by atoms with van der Waals surface area (Å²) in [6.45, 7) is 33.0. The molecule has 3 fully saturated rings. The maximum absolute atomic E-state index is 4.52. The first-order valence-electron chi connectivity index (χ1n) is 16.4. The van der Waals surface area contributed by atoms with Crippen molar-refractivity contribution in [2.45, 2.75) is 110 Å². The molecule has 1 aromatic heterocycles. The predicted molar refractivity (Wildman–Crippen MR) is 263 cm³/mol. The van der Waals surface area contributed by atoms with Gasteiger partial charge in [0.25, 0.3) is 5.52 Å². The minimum absolute atomic E-state index is 0. The molecule has 3 nitrogen and oxygen atoms in total. The van der Waals surface area contributed by atoms with Gasteiger partial charge in [0, 0.05) is 29.0 Å². The van der Waals surface area contributed by atoms with Crippen molar-refractivity contribution in [3.63, 3.8) is 0 Å². The molecule has 0 unspecified atom stereocenters. The van der Waals surface area contributed by atoms with Gasteiger partial charge in [-0.1, -0.05) is 241 Å². The molecule has 3 aromatic rings. The molecule has 2 aromatic carbocycles. The van der Waals surface area contributed by atoms with Gasteiger partial charge in [0.15, 0.2) is 0 Å². The Morgan fingerprint density at radius 2 is 1.02 bits per heavy atom. The Kier molecular flexibility index (Phi) is 23.1. The molecule has 0 saturated heterocycles. The van der Waals surface area contributed by atoms with Gasteiger partial charge in [-0.15, -0.1) is 0 Å². The smallest absolute Gasteiger partial charge is 0.256 e. The summed E-state index contributed by atoms with van der Waals surface area (Å²) in [7, 11) is 3.97. The predicted octanol–water partition coefficient (Wildman–Crippen LogP) is 15.1. The van der Waals surface area contributed by atoms with Gasteiger partial charge in [-0.3, -0.25) is 4.93 Å². The Balaban J connectivity index is 0. The zero-order chi connectivity index (χ0) is 37.6. The van der Waals surface area contributed by atoms with Crippen molar-refractivity contribution in [1.82, 2.24) is 9.90 Å².